The SMILES string of the molecule is O=C=CC(=O)OCCOC(=O)O. The molecule has 0 aliphatic heterocycles. The molecule has 12 heavy (non-hydrogen) atoms. The summed E-state index contributed by atoms with van der Waals surface area (Å²) in [5, 5.41) is 7.95. The van der Waals surface area contributed by atoms with Gasteiger partial charge in [0.2, 0.25) is 0 Å². The first-order chi connectivity index (χ1) is 5.66. The number of ether oxygens (including phenoxy) is 2. The predicted molar refractivity (Wildman–Crippen MR) is 35.2 cm³/mol. The number of rotatable bonds is 4. The van der Waals surface area contributed by atoms with Gasteiger partial charge in [0.25, 0.3) is 0 Å². The van der Waals surface area contributed by atoms with Gasteiger partial charge in [-0.25, -0.2) is 14.4 Å². The van der Waals surface area contributed by atoms with E-state index >= 15 is 0 Å². The van der Waals surface area contributed by atoms with Gasteiger partial charge in [0.05, 0.1) is 0 Å². The number of carbonyl (C=O) groups is 2. The maximum Gasteiger partial charge on any atom is 0.505 e. The standard InChI is InChI=1S/C6H6O6/c7-2-1-5(8)11-3-4-12-6(9)10/h1H,3-4H2,(H,9,10). The lowest BCUT2D eigenvalue weighted by molar-refractivity contribution is -0.138. The minimum atomic E-state index is -1.45. The fraction of sp³-hybridized carbons (Fsp3) is 0.333. The third-order valence-corrected chi connectivity index (χ3v) is 0.730. The number of carbonyl (C=O) groups excluding carboxylic acids is 2. The second-order valence-electron chi connectivity index (χ2n) is 1.54. The van der Waals surface area contributed by atoms with Gasteiger partial charge in [-0.2, -0.15) is 0 Å². The van der Waals surface area contributed by atoms with Crippen molar-refractivity contribution < 1.29 is 29.0 Å². The summed E-state index contributed by atoms with van der Waals surface area (Å²) in [6, 6.07) is 0. The highest BCUT2D eigenvalue weighted by molar-refractivity contribution is 5.89. The van der Waals surface area contributed by atoms with E-state index < -0.39 is 12.1 Å². The van der Waals surface area contributed by atoms with Crippen LogP contribution in [0.4, 0.5) is 4.79 Å². The van der Waals surface area contributed by atoms with E-state index in [0.29, 0.717) is 6.08 Å². The Hall–Kier alpha value is -1.81. The first-order valence-corrected chi connectivity index (χ1v) is 2.90. The van der Waals surface area contributed by atoms with Crippen LogP contribution in [0.25, 0.3) is 0 Å². The molecule has 0 heterocycles. The van der Waals surface area contributed by atoms with Crippen molar-refractivity contribution in [3.63, 3.8) is 0 Å². The van der Waals surface area contributed by atoms with Crippen LogP contribution in [0.15, 0.2) is 6.08 Å². The van der Waals surface area contributed by atoms with Crippen LogP contribution in [-0.2, 0) is 19.1 Å². The third kappa shape index (κ3) is 6.31. The Balaban J connectivity index is 3.37. The Morgan fingerprint density at radius 3 is 2.42 bits per heavy atom. The van der Waals surface area contributed by atoms with Gasteiger partial charge in [-0.1, -0.05) is 0 Å². The summed E-state index contributed by atoms with van der Waals surface area (Å²) in [5.74, 6) is 0.335. The Bertz CT molecular complexity index is 214. The molecule has 0 radical (unpaired) electrons. The Morgan fingerprint density at radius 2 is 1.92 bits per heavy atom. The highest BCUT2D eigenvalue weighted by Gasteiger charge is 1.99. The number of esters is 1. The zero-order chi connectivity index (χ0) is 9.40. The van der Waals surface area contributed by atoms with Crippen LogP contribution in [0.5, 0.6) is 0 Å². The summed E-state index contributed by atoms with van der Waals surface area (Å²) in [7, 11) is 0. The minimum Gasteiger partial charge on any atom is -0.458 e. The van der Waals surface area contributed by atoms with Crippen LogP contribution in [-0.4, -0.2) is 36.4 Å². The zero-order valence-corrected chi connectivity index (χ0v) is 5.98. The van der Waals surface area contributed by atoms with E-state index in [1.54, 1.807) is 0 Å². The lowest BCUT2D eigenvalue weighted by Gasteiger charge is -1.99. The molecular formula is C6H6O6. The summed E-state index contributed by atoms with van der Waals surface area (Å²) in [6.45, 7) is -0.475. The van der Waals surface area contributed by atoms with E-state index in [2.05, 4.69) is 9.47 Å². The van der Waals surface area contributed by atoms with Crippen molar-refractivity contribution in [2.24, 2.45) is 0 Å². The number of hydrogen-bond acceptors (Lipinski definition) is 5. The first kappa shape index (κ1) is 10.2. The lowest BCUT2D eigenvalue weighted by atomic mass is 10.6. The molecule has 0 aromatic heterocycles. The number of hydrogen-bond donors (Lipinski definition) is 1. The van der Waals surface area contributed by atoms with Crippen LogP contribution in [0.3, 0.4) is 0 Å². The Morgan fingerprint density at radius 1 is 1.33 bits per heavy atom. The molecule has 1 N–H and O–H groups in total. The van der Waals surface area contributed by atoms with Gasteiger partial charge in [0, 0.05) is 0 Å². The molecule has 0 saturated carbocycles. The fourth-order valence-corrected chi connectivity index (χ4v) is 0.361. The van der Waals surface area contributed by atoms with Crippen molar-refractivity contribution in [1.82, 2.24) is 0 Å². The summed E-state index contributed by atoms with van der Waals surface area (Å²) >= 11 is 0. The van der Waals surface area contributed by atoms with Gasteiger partial charge < -0.3 is 14.6 Å². The van der Waals surface area contributed by atoms with E-state index in [0.717, 1.165) is 0 Å². The van der Waals surface area contributed by atoms with Crippen LogP contribution in [0.2, 0.25) is 0 Å². The molecule has 0 aromatic rings. The first-order valence-electron chi connectivity index (χ1n) is 2.90. The highest BCUT2D eigenvalue weighted by atomic mass is 16.7. The van der Waals surface area contributed by atoms with Crippen molar-refractivity contribution in [1.29, 1.82) is 0 Å². The second-order valence-corrected chi connectivity index (χ2v) is 1.54. The van der Waals surface area contributed by atoms with Gasteiger partial charge in [0.1, 0.15) is 25.2 Å². The summed E-state index contributed by atoms with van der Waals surface area (Å²) < 4.78 is 8.28. The van der Waals surface area contributed by atoms with Crippen molar-refractivity contribution >= 4 is 18.1 Å². The molecule has 0 spiro atoms. The molecule has 0 fully saturated rings. The average Bonchev–Trinajstić information content (AvgIpc) is 1.98. The van der Waals surface area contributed by atoms with E-state index in [1.165, 1.54) is 5.94 Å². The fourth-order valence-electron chi connectivity index (χ4n) is 0.361. The van der Waals surface area contributed by atoms with Gasteiger partial charge >= 0.3 is 12.1 Å². The molecule has 0 aliphatic rings. The molecule has 0 unspecified atom stereocenters. The van der Waals surface area contributed by atoms with E-state index in [-0.39, 0.29) is 13.2 Å². The molecule has 0 aromatic carbocycles. The zero-order valence-electron chi connectivity index (χ0n) is 5.98. The molecule has 66 valence electrons. The maximum atomic E-state index is 10.3. The lowest BCUT2D eigenvalue weighted by Crippen LogP contribution is -2.11. The molecule has 0 aliphatic carbocycles. The molecular weight excluding hydrogens is 168 g/mol. The molecule has 6 nitrogen and oxygen atoms in total. The summed E-state index contributed by atoms with van der Waals surface area (Å²) in [6.07, 6.45) is -0.891. The monoisotopic (exact) mass is 174 g/mol. The van der Waals surface area contributed by atoms with Gasteiger partial charge in [-0.15, -0.1) is 0 Å². The predicted octanol–water partition coefficient (Wildman–Crippen LogP) is -0.388. The topological polar surface area (TPSA) is 89.9 Å². The quantitative estimate of drug-likeness (QED) is 0.270. The van der Waals surface area contributed by atoms with E-state index in [4.69, 9.17) is 5.11 Å². The van der Waals surface area contributed by atoms with Crippen molar-refractivity contribution in [3.8, 4) is 0 Å². The Labute approximate surface area is 67.4 Å². The van der Waals surface area contributed by atoms with Gasteiger partial charge in [-0.3, -0.25) is 0 Å². The molecule has 0 atom stereocenters. The number of carboxylic acid groups (broad SMARTS) is 1. The minimum absolute atomic E-state index is 0.219. The molecule has 0 saturated heterocycles. The van der Waals surface area contributed by atoms with Crippen molar-refractivity contribution in [2.75, 3.05) is 13.2 Å². The summed E-state index contributed by atoms with van der Waals surface area (Å²) in [5.41, 5.74) is 0. The van der Waals surface area contributed by atoms with Gasteiger partial charge in [-0.05, 0) is 0 Å². The summed E-state index contributed by atoms with van der Waals surface area (Å²) in [4.78, 5) is 29.6. The average molecular weight is 174 g/mol. The van der Waals surface area contributed by atoms with Crippen LogP contribution in [0, 0.1) is 0 Å². The maximum absolute atomic E-state index is 10.3. The smallest absolute Gasteiger partial charge is 0.458 e. The Kier molecular flexibility index (Phi) is 5.04. The van der Waals surface area contributed by atoms with E-state index in [1.807, 2.05) is 0 Å². The normalized spacial score (nSPS) is 8.00. The third-order valence-electron chi connectivity index (χ3n) is 0.730. The molecule has 6 heteroatoms. The van der Waals surface area contributed by atoms with Crippen molar-refractivity contribution in [3.05, 3.63) is 6.08 Å². The van der Waals surface area contributed by atoms with Crippen LogP contribution in [0.1, 0.15) is 0 Å². The largest absolute Gasteiger partial charge is 0.505 e. The second kappa shape index (κ2) is 5.94. The van der Waals surface area contributed by atoms with E-state index in [9.17, 15) is 14.4 Å². The molecule has 0 rings (SSSR count). The van der Waals surface area contributed by atoms with Crippen molar-refractivity contribution in [2.45, 2.75) is 0 Å². The van der Waals surface area contributed by atoms with Gasteiger partial charge in [0.15, 0.2) is 0 Å². The molecule has 0 amide bonds. The van der Waals surface area contributed by atoms with Crippen LogP contribution >= 0.6 is 0 Å². The molecule has 0 bridgehead atoms. The highest BCUT2D eigenvalue weighted by Crippen LogP contribution is 1.81. The van der Waals surface area contributed by atoms with Crippen LogP contribution < -0.4 is 0 Å².